The van der Waals surface area contributed by atoms with Gasteiger partial charge in [-0.25, -0.2) is 0 Å². The smallest absolute Gasteiger partial charge is 0.226 e. The molecule has 0 bridgehead atoms. The predicted molar refractivity (Wildman–Crippen MR) is 86.7 cm³/mol. The van der Waals surface area contributed by atoms with Gasteiger partial charge in [0.15, 0.2) is 0 Å². The van der Waals surface area contributed by atoms with E-state index in [1.807, 2.05) is 12.1 Å². The Balaban J connectivity index is 1.35. The van der Waals surface area contributed by atoms with Crippen LogP contribution >= 0.6 is 22.9 Å². The molecule has 7 heteroatoms. The number of nitrogens with zero attached hydrogens (tertiary/aromatic N) is 2. The summed E-state index contributed by atoms with van der Waals surface area (Å²) in [6.07, 6.45) is 3.41. The second-order valence-corrected chi connectivity index (χ2v) is 6.62. The number of amides is 1. The standard InChI is InChI=1S/C15H16ClN3O2S/c16-11-5-7-12(8-6-11)21-9-1-2-13(20)17-15-19-18-14(22-15)10-3-4-10/h5-8,10H,1-4,9H2,(H,17,19,20). The second kappa shape index (κ2) is 7.07. The Morgan fingerprint density at radius 2 is 2.09 bits per heavy atom. The van der Waals surface area contributed by atoms with Crippen LogP contribution in [0.1, 0.15) is 36.6 Å². The number of ether oxygens (including phenoxy) is 1. The third kappa shape index (κ3) is 4.42. The summed E-state index contributed by atoms with van der Waals surface area (Å²) in [4.78, 5) is 11.8. The topological polar surface area (TPSA) is 64.1 Å². The highest BCUT2D eigenvalue weighted by Gasteiger charge is 2.27. The molecule has 0 aliphatic heterocycles. The zero-order valence-electron chi connectivity index (χ0n) is 11.9. The lowest BCUT2D eigenvalue weighted by molar-refractivity contribution is -0.116. The molecule has 0 radical (unpaired) electrons. The van der Waals surface area contributed by atoms with Crippen molar-refractivity contribution in [2.45, 2.75) is 31.6 Å². The quantitative estimate of drug-likeness (QED) is 0.779. The number of carbonyl (C=O) groups excluding carboxylic acids is 1. The van der Waals surface area contributed by atoms with Crippen molar-refractivity contribution in [2.24, 2.45) is 0 Å². The largest absolute Gasteiger partial charge is 0.494 e. The van der Waals surface area contributed by atoms with Gasteiger partial charge >= 0.3 is 0 Å². The Bertz CT molecular complexity index is 640. The molecule has 0 saturated heterocycles. The van der Waals surface area contributed by atoms with E-state index in [1.165, 1.54) is 24.2 Å². The normalized spacial score (nSPS) is 13.9. The van der Waals surface area contributed by atoms with Crippen molar-refractivity contribution < 1.29 is 9.53 Å². The fourth-order valence-corrected chi connectivity index (χ4v) is 2.97. The highest BCUT2D eigenvalue weighted by molar-refractivity contribution is 7.15. The van der Waals surface area contributed by atoms with Crippen molar-refractivity contribution in [1.29, 1.82) is 0 Å². The summed E-state index contributed by atoms with van der Waals surface area (Å²) >= 11 is 7.27. The fraction of sp³-hybridized carbons (Fsp3) is 0.400. The number of halogens is 1. The van der Waals surface area contributed by atoms with Crippen molar-refractivity contribution >= 4 is 34.0 Å². The first-order valence-electron chi connectivity index (χ1n) is 7.22. The number of rotatable bonds is 7. The molecule has 116 valence electrons. The molecular weight excluding hydrogens is 322 g/mol. The van der Waals surface area contributed by atoms with Gasteiger partial charge in [-0.2, -0.15) is 0 Å². The number of carbonyl (C=O) groups is 1. The predicted octanol–water partition coefficient (Wildman–Crippen LogP) is 3.87. The Morgan fingerprint density at radius 1 is 1.32 bits per heavy atom. The maximum Gasteiger partial charge on any atom is 0.226 e. The minimum atomic E-state index is -0.0572. The monoisotopic (exact) mass is 337 g/mol. The molecule has 1 N–H and O–H groups in total. The van der Waals surface area contributed by atoms with E-state index in [1.54, 1.807) is 12.1 Å². The van der Waals surface area contributed by atoms with Gasteiger partial charge in [0, 0.05) is 17.4 Å². The van der Waals surface area contributed by atoms with E-state index in [0.29, 0.717) is 35.5 Å². The van der Waals surface area contributed by atoms with Crippen molar-refractivity contribution in [3.8, 4) is 5.75 Å². The summed E-state index contributed by atoms with van der Waals surface area (Å²) in [6.45, 7) is 0.485. The molecule has 0 spiro atoms. The molecule has 1 aliphatic rings. The number of anilines is 1. The van der Waals surface area contributed by atoms with Crippen molar-refractivity contribution in [1.82, 2.24) is 10.2 Å². The Morgan fingerprint density at radius 3 is 2.82 bits per heavy atom. The van der Waals surface area contributed by atoms with Crippen LogP contribution in [0, 0.1) is 0 Å². The summed E-state index contributed by atoms with van der Waals surface area (Å²) < 4.78 is 5.54. The Hall–Kier alpha value is -1.66. The average molecular weight is 338 g/mol. The lowest BCUT2D eigenvalue weighted by atomic mass is 10.3. The van der Waals surface area contributed by atoms with Gasteiger partial charge in [0.05, 0.1) is 6.61 Å². The van der Waals surface area contributed by atoms with Gasteiger partial charge in [0.25, 0.3) is 0 Å². The van der Waals surface area contributed by atoms with E-state index in [2.05, 4.69) is 15.5 Å². The molecule has 1 fully saturated rings. The number of benzene rings is 1. The second-order valence-electron chi connectivity index (χ2n) is 5.17. The molecule has 0 atom stereocenters. The highest BCUT2D eigenvalue weighted by atomic mass is 35.5. The third-order valence-corrected chi connectivity index (χ3v) is 4.50. The maximum atomic E-state index is 11.8. The Kier molecular flexibility index (Phi) is 4.90. The van der Waals surface area contributed by atoms with Crippen LogP contribution in [0.5, 0.6) is 5.75 Å². The zero-order valence-corrected chi connectivity index (χ0v) is 13.5. The van der Waals surface area contributed by atoms with Crippen molar-refractivity contribution in [3.63, 3.8) is 0 Å². The van der Waals surface area contributed by atoms with Gasteiger partial charge in [-0.3, -0.25) is 4.79 Å². The molecule has 1 aromatic carbocycles. The lowest BCUT2D eigenvalue weighted by Gasteiger charge is -2.05. The number of hydrogen-bond acceptors (Lipinski definition) is 5. The van der Waals surface area contributed by atoms with Gasteiger partial charge in [0.1, 0.15) is 10.8 Å². The fourth-order valence-electron chi connectivity index (χ4n) is 1.92. The van der Waals surface area contributed by atoms with Gasteiger partial charge < -0.3 is 10.1 Å². The van der Waals surface area contributed by atoms with Gasteiger partial charge in [-0.05, 0) is 43.5 Å². The van der Waals surface area contributed by atoms with Crippen LogP contribution in [-0.2, 0) is 4.79 Å². The summed E-state index contributed by atoms with van der Waals surface area (Å²) in [5.74, 6) is 1.26. The molecule has 2 aromatic rings. The molecule has 1 aliphatic carbocycles. The number of nitrogens with one attached hydrogen (secondary N) is 1. The SMILES string of the molecule is O=C(CCCOc1ccc(Cl)cc1)Nc1nnc(C2CC2)s1. The van der Waals surface area contributed by atoms with Crippen LogP contribution in [0.25, 0.3) is 0 Å². The van der Waals surface area contributed by atoms with Crippen LogP contribution < -0.4 is 10.1 Å². The molecule has 5 nitrogen and oxygen atoms in total. The summed E-state index contributed by atoms with van der Waals surface area (Å²) in [7, 11) is 0. The van der Waals surface area contributed by atoms with E-state index >= 15 is 0 Å². The van der Waals surface area contributed by atoms with E-state index in [4.69, 9.17) is 16.3 Å². The number of hydrogen-bond donors (Lipinski definition) is 1. The van der Waals surface area contributed by atoms with Gasteiger partial charge in [-0.1, -0.05) is 22.9 Å². The van der Waals surface area contributed by atoms with Crippen molar-refractivity contribution in [2.75, 3.05) is 11.9 Å². The molecule has 1 saturated carbocycles. The molecule has 0 unspecified atom stereocenters. The molecule has 1 aromatic heterocycles. The lowest BCUT2D eigenvalue weighted by Crippen LogP contribution is -2.12. The summed E-state index contributed by atoms with van der Waals surface area (Å²) in [5.41, 5.74) is 0. The third-order valence-electron chi connectivity index (χ3n) is 3.24. The van der Waals surface area contributed by atoms with E-state index < -0.39 is 0 Å². The zero-order chi connectivity index (χ0) is 15.4. The minimum Gasteiger partial charge on any atom is -0.494 e. The maximum absolute atomic E-state index is 11.8. The minimum absolute atomic E-state index is 0.0572. The first-order chi connectivity index (χ1) is 10.7. The van der Waals surface area contributed by atoms with E-state index in [0.717, 1.165) is 10.8 Å². The van der Waals surface area contributed by atoms with E-state index in [-0.39, 0.29) is 5.91 Å². The van der Waals surface area contributed by atoms with Crippen LogP contribution in [0.3, 0.4) is 0 Å². The van der Waals surface area contributed by atoms with E-state index in [9.17, 15) is 4.79 Å². The average Bonchev–Trinajstić information content (AvgIpc) is 3.26. The summed E-state index contributed by atoms with van der Waals surface area (Å²) in [5, 5.41) is 13.2. The molecule has 3 rings (SSSR count). The molecule has 22 heavy (non-hydrogen) atoms. The number of aromatic nitrogens is 2. The molecule has 1 heterocycles. The van der Waals surface area contributed by atoms with Gasteiger partial charge in [-0.15, -0.1) is 10.2 Å². The van der Waals surface area contributed by atoms with Crippen LogP contribution in [0.15, 0.2) is 24.3 Å². The van der Waals surface area contributed by atoms with Crippen LogP contribution in [0.4, 0.5) is 5.13 Å². The Labute approximate surface area is 137 Å². The summed E-state index contributed by atoms with van der Waals surface area (Å²) in [6, 6.07) is 7.17. The van der Waals surface area contributed by atoms with Crippen LogP contribution in [-0.4, -0.2) is 22.7 Å². The first kappa shape index (κ1) is 15.2. The van der Waals surface area contributed by atoms with Gasteiger partial charge in [0.2, 0.25) is 11.0 Å². The molecular formula is C15H16ClN3O2S. The highest BCUT2D eigenvalue weighted by Crippen LogP contribution is 2.42. The molecule has 1 amide bonds. The van der Waals surface area contributed by atoms with Crippen molar-refractivity contribution in [3.05, 3.63) is 34.3 Å². The van der Waals surface area contributed by atoms with Crippen LogP contribution in [0.2, 0.25) is 5.02 Å². The first-order valence-corrected chi connectivity index (χ1v) is 8.42.